The molecule has 1 amide bonds. The average Bonchev–Trinajstić information content (AvgIpc) is 3.26. The quantitative estimate of drug-likeness (QED) is 0.788. The van der Waals surface area contributed by atoms with Crippen LogP contribution in [0.3, 0.4) is 0 Å². The van der Waals surface area contributed by atoms with Gasteiger partial charge < -0.3 is 13.7 Å². The fourth-order valence-corrected chi connectivity index (χ4v) is 3.69. The lowest BCUT2D eigenvalue weighted by molar-refractivity contribution is -0.136. The summed E-state index contributed by atoms with van der Waals surface area (Å²) in [5.41, 5.74) is 0.800. The van der Waals surface area contributed by atoms with E-state index in [1.807, 2.05) is 4.90 Å². The highest BCUT2D eigenvalue weighted by Gasteiger charge is 2.28. The highest BCUT2D eigenvalue weighted by molar-refractivity contribution is 5.78. The third-order valence-corrected chi connectivity index (χ3v) is 4.91. The van der Waals surface area contributed by atoms with Gasteiger partial charge >= 0.3 is 0 Å². The van der Waals surface area contributed by atoms with Crippen molar-refractivity contribution in [1.82, 2.24) is 20.0 Å². The van der Waals surface area contributed by atoms with Crippen LogP contribution in [0, 0.1) is 0 Å². The fraction of sp³-hybridized carbons (Fsp3) is 0.632. The molecule has 3 rings (SSSR count). The number of amides is 1. The third kappa shape index (κ3) is 4.15. The predicted octanol–water partition coefficient (Wildman–Crippen LogP) is 3.15. The lowest BCUT2D eigenvalue weighted by Crippen LogP contribution is -2.48. The van der Waals surface area contributed by atoms with Crippen molar-refractivity contribution in [3.63, 3.8) is 0 Å². The molecule has 1 aliphatic heterocycles. The maximum absolute atomic E-state index is 12.6. The molecule has 0 atom stereocenters. The number of nitrogens with zero attached hydrogens (tertiary/aromatic N) is 4. The maximum atomic E-state index is 12.6. The molecule has 1 aliphatic rings. The fourth-order valence-electron chi connectivity index (χ4n) is 3.69. The highest BCUT2D eigenvalue weighted by atomic mass is 16.4. The first-order chi connectivity index (χ1) is 12.5. The topological polar surface area (TPSA) is 75.6 Å². The van der Waals surface area contributed by atoms with Crippen molar-refractivity contribution in [3.8, 4) is 11.5 Å². The van der Waals surface area contributed by atoms with Crippen molar-refractivity contribution in [2.24, 2.45) is 0 Å². The van der Waals surface area contributed by atoms with E-state index in [1.165, 1.54) is 0 Å². The Kier molecular flexibility index (Phi) is 5.76. The van der Waals surface area contributed by atoms with Crippen LogP contribution in [0.15, 0.2) is 27.4 Å². The van der Waals surface area contributed by atoms with Crippen LogP contribution in [0.25, 0.3) is 11.5 Å². The first-order valence-electron chi connectivity index (χ1n) is 9.35. The van der Waals surface area contributed by atoms with Crippen molar-refractivity contribution in [3.05, 3.63) is 24.5 Å². The van der Waals surface area contributed by atoms with E-state index in [9.17, 15) is 4.79 Å². The number of likely N-dealkylation sites (tertiary alicyclic amines) is 1. The summed E-state index contributed by atoms with van der Waals surface area (Å²) in [6, 6.07) is 2.25. The van der Waals surface area contributed by atoms with Gasteiger partial charge in [0, 0.05) is 18.0 Å². The van der Waals surface area contributed by atoms with E-state index in [0.717, 1.165) is 31.5 Å². The molecule has 0 unspecified atom stereocenters. The molecule has 0 bridgehead atoms. The van der Waals surface area contributed by atoms with Crippen molar-refractivity contribution < 1.29 is 13.6 Å². The molecule has 0 saturated carbocycles. The summed E-state index contributed by atoms with van der Waals surface area (Å²) in [6.45, 7) is 10.5. The van der Waals surface area contributed by atoms with E-state index in [0.29, 0.717) is 18.3 Å². The van der Waals surface area contributed by atoms with Crippen LogP contribution in [0.4, 0.5) is 0 Å². The smallest absolute Gasteiger partial charge is 0.250 e. The predicted molar refractivity (Wildman–Crippen MR) is 97.5 cm³/mol. The molecule has 1 saturated heterocycles. The Labute approximate surface area is 154 Å². The number of piperidine rings is 1. The summed E-state index contributed by atoms with van der Waals surface area (Å²) in [7, 11) is 0. The van der Waals surface area contributed by atoms with Gasteiger partial charge in [0.2, 0.25) is 11.8 Å². The molecular weight excluding hydrogens is 332 g/mol. The van der Waals surface area contributed by atoms with Crippen LogP contribution in [0.5, 0.6) is 0 Å². The minimum absolute atomic E-state index is 0.202. The standard InChI is InChI=1S/C19H28N4O3/c1-13(2)23(14(3)4)17(24)11-22-8-5-15(6-9-22)18-20-21-19(26-18)16-7-10-25-12-16/h7,10,12-15H,5-6,8-9,11H2,1-4H3. The Morgan fingerprint density at radius 1 is 1.23 bits per heavy atom. The van der Waals surface area contributed by atoms with Gasteiger partial charge in [0.05, 0.1) is 18.4 Å². The first kappa shape index (κ1) is 18.6. The van der Waals surface area contributed by atoms with Crippen molar-refractivity contribution in [2.45, 2.75) is 58.5 Å². The summed E-state index contributed by atoms with van der Waals surface area (Å²) >= 11 is 0. The van der Waals surface area contributed by atoms with Crippen LogP contribution in [-0.2, 0) is 4.79 Å². The van der Waals surface area contributed by atoms with Gasteiger partial charge in [-0.05, 0) is 59.7 Å². The van der Waals surface area contributed by atoms with Gasteiger partial charge in [-0.2, -0.15) is 0 Å². The number of carbonyl (C=O) groups excluding carboxylic acids is 1. The Morgan fingerprint density at radius 3 is 2.50 bits per heavy atom. The second-order valence-electron chi connectivity index (χ2n) is 7.50. The number of hydrogen-bond donors (Lipinski definition) is 0. The normalized spacial score (nSPS) is 16.5. The molecule has 2 aromatic heterocycles. The summed E-state index contributed by atoms with van der Waals surface area (Å²) < 4.78 is 10.9. The molecule has 1 fully saturated rings. The average molecular weight is 360 g/mol. The zero-order valence-electron chi connectivity index (χ0n) is 16.0. The number of rotatable bonds is 6. The van der Waals surface area contributed by atoms with Gasteiger partial charge in [-0.1, -0.05) is 0 Å². The molecule has 0 N–H and O–H groups in total. The van der Waals surface area contributed by atoms with Gasteiger partial charge in [0.1, 0.15) is 6.26 Å². The van der Waals surface area contributed by atoms with Gasteiger partial charge in [-0.15, -0.1) is 10.2 Å². The zero-order chi connectivity index (χ0) is 18.7. The second kappa shape index (κ2) is 8.03. The monoisotopic (exact) mass is 360 g/mol. The van der Waals surface area contributed by atoms with Gasteiger partial charge in [-0.25, -0.2) is 0 Å². The van der Waals surface area contributed by atoms with Crippen LogP contribution in [-0.4, -0.2) is 57.6 Å². The van der Waals surface area contributed by atoms with Gasteiger partial charge in [0.25, 0.3) is 5.89 Å². The highest BCUT2D eigenvalue weighted by Crippen LogP contribution is 2.29. The van der Waals surface area contributed by atoms with Crippen LogP contribution in [0.2, 0.25) is 0 Å². The molecule has 2 aromatic rings. The molecular formula is C19H28N4O3. The molecule has 7 nitrogen and oxygen atoms in total. The van der Waals surface area contributed by atoms with E-state index >= 15 is 0 Å². The Balaban J connectivity index is 1.54. The zero-order valence-corrected chi connectivity index (χ0v) is 16.0. The molecule has 7 heteroatoms. The molecule has 0 spiro atoms. The molecule has 0 radical (unpaired) electrons. The largest absolute Gasteiger partial charge is 0.472 e. The number of carbonyl (C=O) groups is 1. The number of furan rings is 1. The lowest BCUT2D eigenvalue weighted by atomic mass is 9.97. The maximum Gasteiger partial charge on any atom is 0.250 e. The van der Waals surface area contributed by atoms with Gasteiger partial charge in [-0.3, -0.25) is 9.69 Å². The van der Waals surface area contributed by atoms with Crippen LogP contribution >= 0.6 is 0 Å². The van der Waals surface area contributed by atoms with E-state index < -0.39 is 0 Å². The van der Waals surface area contributed by atoms with Crippen molar-refractivity contribution in [2.75, 3.05) is 19.6 Å². The molecule has 26 heavy (non-hydrogen) atoms. The van der Waals surface area contributed by atoms with E-state index in [2.05, 4.69) is 42.8 Å². The summed E-state index contributed by atoms with van der Waals surface area (Å²) in [4.78, 5) is 16.8. The molecule has 3 heterocycles. The molecule has 142 valence electrons. The van der Waals surface area contributed by atoms with Crippen LogP contribution in [0.1, 0.15) is 52.3 Å². The van der Waals surface area contributed by atoms with Crippen molar-refractivity contribution in [1.29, 1.82) is 0 Å². The number of hydrogen-bond acceptors (Lipinski definition) is 6. The van der Waals surface area contributed by atoms with Crippen molar-refractivity contribution >= 4 is 5.91 Å². The summed E-state index contributed by atoms with van der Waals surface area (Å²) in [6.07, 6.45) is 5.03. The SMILES string of the molecule is CC(C)N(C(=O)CN1CCC(c2nnc(-c3ccoc3)o2)CC1)C(C)C. The van der Waals surface area contributed by atoms with E-state index in [4.69, 9.17) is 8.83 Å². The third-order valence-electron chi connectivity index (χ3n) is 4.91. The minimum atomic E-state index is 0.202. The van der Waals surface area contributed by atoms with E-state index in [-0.39, 0.29) is 23.9 Å². The first-order valence-corrected chi connectivity index (χ1v) is 9.35. The van der Waals surface area contributed by atoms with Gasteiger partial charge in [0.15, 0.2) is 0 Å². The number of aromatic nitrogens is 2. The Bertz CT molecular complexity index is 692. The van der Waals surface area contributed by atoms with Crippen LogP contribution < -0.4 is 0 Å². The molecule has 0 aromatic carbocycles. The Morgan fingerprint density at radius 2 is 1.92 bits per heavy atom. The molecule has 0 aliphatic carbocycles. The Hall–Kier alpha value is -2.15. The summed E-state index contributed by atoms with van der Waals surface area (Å²) in [5, 5.41) is 8.32. The summed E-state index contributed by atoms with van der Waals surface area (Å²) in [5.74, 6) is 1.63. The minimum Gasteiger partial charge on any atom is -0.472 e. The second-order valence-corrected chi connectivity index (χ2v) is 7.50. The lowest BCUT2D eigenvalue weighted by Gasteiger charge is -2.35. The van der Waals surface area contributed by atoms with E-state index in [1.54, 1.807) is 18.6 Å².